The first-order valence-corrected chi connectivity index (χ1v) is 6.25. The zero-order chi connectivity index (χ0) is 15.6. The normalized spacial score (nSPS) is 12.0. The molecule has 5 nitrogen and oxygen atoms in total. The van der Waals surface area contributed by atoms with Crippen molar-refractivity contribution in [2.24, 2.45) is 0 Å². The van der Waals surface area contributed by atoms with Gasteiger partial charge in [-0.25, -0.2) is 9.18 Å². The van der Waals surface area contributed by atoms with Crippen LogP contribution in [0.25, 0.3) is 0 Å². The third-order valence-electron chi connectivity index (χ3n) is 3.31. The second-order valence-corrected chi connectivity index (χ2v) is 4.62. The zero-order valence-electron chi connectivity index (χ0n) is 11.5. The molecule has 0 bridgehead atoms. The van der Waals surface area contributed by atoms with E-state index < -0.39 is 23.7 Å². The second kappa shape index (κ2) is 5.78. The maximum absolute atomic E-state index is 13.7. The van der Waals surface area contributed by atoms with Crippen LogP contribution in [0.2, 0.25) is 0 Å². The molecule has 6 heteroatoms. The van der Waals surface area contributed by atoms with Gasteiger partial charge in [-0.1, -0.05) is 18.2 Å². The molecule has 1 unspecified atom stereocenters. The first kappa shape index (κ1) is 14.8. The lowest BCUT2D eigenvalue weighted by atomic mass is 10.1. The van der Waals surface area contributed by atoms with Crippen molar-refractivity contribution in [3.8, 4) is 0 Å². The van der Waals surface area contributed by atoms with E-state index >= 15 is 0 Å². The molecular formula is C15H14FNO4. The SMILES string of the molecule is CC(c1ccccc1F)N(C)C(=O)c1cc(C(=O)O)co1. The van der Waals surface area contributed by atoms with Gasteiger partial charge in [-0.15, -0.1) is 0 Å². The number of halogens is 1. The Morgan fingerprint density at radius 2 is 2.00 bits per heavy atom. The Morgan fingerprint density at radius 1 is 1.33 bits per heavy atom. The lowest BCUT2D eigenvalue weighted by molar-refractivity contribution is 0.0691. The molecular weight excluding hydrogens is 277 g/mol. The predicted molar refractivity (Wildman–Crippen MR) is 72.6 cm³/mol. The summed E-state index contributed by atoms with van der Waals surface area (Å²) in [5, 5.41) is 8.81. The molecule has 0 aliphatic carbocycles. The minimum Gasteiger partial charge on any atom is -0.478 e. The van der Waals surface area contributed by atoms with Gasteiger partial charge in [0.05, 0.1) is 11.6 Å². The van der Waals surface area contributed by atoms with Crippen LogP contribution in [0.3, 0.4) is 0 Å². The molecule has 0 aliphatic heterocycles. The molecule has 2 aromatic rings. The molecule has 0 aliphatic rings. The van der Waals surface area contributed by atoms with Crippen molar-refractivity contribution in [3.63, 3.8) is 0 Å². The Hall–Kier alpha value is -2.63. The second-order valence-electron chi connectivity index (χ2n) is 4.62. The number of benzene rings is 1. The zero-order valence-corrected chi connectivity index (χ0v) is 11.5. The Bertz CT molecular complexity index is 680. The number of carbonyl (C=O) groups is 2. The largest absolute Gasteiger partial charge is 0.478 e. The number of amides is 1. The molecule has 0 radical (unpaired) electrons. The van der Waals surface area contributed by atoms with Crippen LogP contribution in [0.5, 0.6) is 0 Å². The van der Waals surface area contributed by atoms with Gasteiger partial charge in [0.25, 0.3) is 5.91 Å². The monoisotopic (exact) mass is 291 g/mol. The highest BCUT2D eigenvalue weighted by atomic mass is 19.1. The average Bonchev–Trinajstić information content (AvgIpc) is 2.95. The summed E-state index contributed by atoms with van der Waals surface area (Å²) in [5.74, 6) is -2.20. The number of carbonyl (C=O) groups excluding carboxylic acids is 1. The summed E-state index contributed by atoms with van der Waals surface area (Å²) in [6.45, 7) is 1.68. The van der Waals surface area contributed by atoms with Gasteiger partial charge >= 0.3 is 5.97 Å². The molecule has 1 atom stereocenters. The number of rotatable bonds is 4. The van der Waals surface area contributed by atoms with Crippen LogP contribution in [0, 0.1) is 5.82 Å². The average molecular weight is 291 g/mol. The van der Waals surface area contributed by atoms with Crippen LogP contribution >= 0.6 is 0 Å². The molecule has 110 valence electrons. The number of nitrogens with zero attached hydrogens (tertiary/aromatic N) is 1. The first-order chi connectivity index (χ1) is 9.91. The molecule has 2 rings (SSSR count). The number of hydrogen-bond donors (Lipinski definition) is 1. The van der Waals surface area contributed by atoms with Gasteiger partial charge in [-0.3, -0.25) is 4.79 Å². The maximum atomic E-state index is 13.7. The van der Waals surface area contributed by atoms with Crippen LogP contribution in [-0.2, 0) is 0 Å². The number of aromatic carboxylic acids is 1. The van der Waals surface area contributed by atoms with Crippen LogP contribution in [0.15, 0.2) is 41.0 Å². The van der Waals surface area contributed by atoms with E-state index in [2.05, 4.69) is 0 Å². The quantitative estimate of drug-likeness (QED) is 0.940. The van der Waals surface area contributed by atoms with E-state index in [1.165, 1.54) is 18.0 Å². The maximum Gasteiger partial charge on any atom is 0.338 e. The highest BCUT2D eigenvalue weighted by Crippen LogP contribution is 2.23. The van der Waals surface area contributed by atoms with Crippen molar-refractivity contribution in [1.29, 1.82) is 0 Å². The van der Waals surface area contributed by atoms with E-state index in [-0.39, 0.29) is 11.3 Å². The molecule has 0 saturated carbocycles. The molecule has 1 aromatic carbocycles. The molecule has 0 spiro atoms. The molecule has 1 N–H and O–H groups in total. The van der Waals surface area contributed by atoms with Crippen LogP contribution in [0.1, 0.15) is 39.4 Å². The van der Waals surface area contributed by atoms with Crippen LogP contribution in [-0.4, -0.2) is 28.9 Å². The highest BCUT2D eigenvalue weighted by Gasteiger charge is 2.24. The van der Waals surface area contributed by atoms with Crippen LogP contribution < -0.4 is 0 Å². The van der Waals surface area contributed by atoms with Gasteiger partial charge in [0.2, 0.25) is 0 Å². The molecule has 0 fully saturated rings. The van der Waals surface area contributed by atoms with Crippen molar-refractivity contribution in [2.75, 3.05) is 7.05 Å². The summed E-state index contributed by atoms with van der Waals surface area (Å²) < 4.78 is 18.7. The van der Waals surface area contributed by atoms with Crippen molar-refractivity contribution in [3.05, 3.63) is 59.3 Å². The Balaban J connectivity index is 2.22. The Labute approximate surface area is 120 Å². The van der Waals surface area contributed by atoms with E-state index in [4.69, 9.17) is 9.52 Å². The molecule has 1 amide bonds. The van der Waals surface area contributed by atoms with Gasteiger partial charge in [0.1, 0.15) is 12.1 Å². The summed E-state index contributed by atoms with van der Waals surface area (Å²) in [7, 11) is 1.50. The number of carboxylic acids is 1. The van der Waals surface area contributed by atoms with Crippen LogP contribution in [0.4, 0.5) is 4.39 Å². The minimum atomic E-state index is -1.18. The minimum absolute atomic E-state index is 0.0990. The molecule has 0 saturated heterocycles. The molecule has 1 aromatic heterocycles. The molecule has 1 heterocycles. The summed E-state index contributed by atoms with van der Waals surface area (Å²) in [5.41, 5.74) is 0.267. The Kier molecular flexibility index (Phi) is 4.07. The third-order valence-corrected chi connectivity index (χ3v) is 3.31. The smallest absolute Gasteiger partial charge is 0.338 e. The Morgan fingerprint density at radius 3 is 2.57 bits per heavy atom. The fraction of sp³-hybridized carbons (Fsp3) is 0.200. The topological polar surface area (TPSA) is 70.8 Å². The van der Waals surface area contributed by atoms with Crippen molar-refractivity contribution >= 4 is 11.9 Å². The number of furan rings is 1. The standard InChI is InChI=1S/C15H14FNO4/c1-9(11-5-3-4-6-12(11)16)17(2)14(18)13-7-10(8-21-13)15(19)20/h3-9H,1-2H3,(H,19,20). The molecule has 21 heavy (non-hydrogen) atoms. The summed E-state index contributed by atoms with van der Waals surface area (Å²) in [4.78, 5) is 24.3. The lowest BCUT2D eigenvalue weighted by Gasteiger charge is -2.24. The summed E-state index contributed by atoms with van der Waals surface area (Å²) >= 11 is 0. The number of hydrogen-bond acceptors (Lipinski definition) is 3. The van der Waals surface area contributed by atoms with E-state index in [1.54, 1.807) is 25.1 Å². The summed E-state index contributed by atoms with van der Waals surface area (Å²) in [6.07, 6.45) is 0.997. The van der Waals surface area contributed by atoms with E-state index in [9.17, 15) is 14.0 Å². The van der Waals surface area contributed by atoms with Crippen molar-refractivity contribution in [1.82, 2.24) is 4.90 Å². The van der Waals surface area contributed by atoms with Gasteiger partial charge in [0.15, 0.2) is 5.76 Å². The van der Waals surface area contributed by atoms with Gasteiger partial charge < -0.3 is 14.4 Å². The van der Waals surface area contributed by atoms with Crippen molar-refractivity contribution in [2.45, 2.75) is 13.0 Å². The predicted octanol–water partition coefficient (Wildman–Crippen LogP) is 2.95. The fourth-order valence-electron chi connectivity index (χ4n) is 1.93. The van der Waals surface area contributed by atoms with E-state index in [1.807, 2.05) is 0 Å². The third kappa shape index (κ3) is 2.94. The fourth-order valence-corrected chi connectivity index (χ4v) is 1.93. The lowest BCUT2D eigenvalue weighted by Crippen LogP contribution is -2.29. The van der Waals surface area contributed by atoms with Gasteiger partial charge in [-0.05, 0) is 13.0 Å². The van der Waals surface area contributed by atoms with E-state index in [0.29, 0.717) is 5.56 Å². The van der Waals surface area contributed by atoms with Gasteiger partial charge in [-0.2, -0.15) is 0 Å². The first-order valence-electron chi connectivity index (χ1n) is 6.25. The van der Waals surface area contributed by atoms with Crippen molar-refractivity contribution < 1.29 is 23.5 Å². The van der Waals surface area contributed by atoms with Gasteiger partial charge in [0, 0.05) is 18.7 Å². The number of carboxylic acid groups (broad SMARTS) is 1. The summed E-state index contributed by atoms with van der Waals surface area (Å²) in [6, 6.07) is 6.79. The van der Waals surface area contributed by atoms with E-state index in [0.717, 1.165) is 12.3 Å². The highest BCUT2D eigenvalue weighted by molar-refractivity contribution is 5.95.